The van der Waals surface area contributed by atoms with E-state index in [1.54, 1.807) is 13.2 Å². The second kappa shape index (κ2) is 6.15. The summed E-state index contributed by atoms with van der Waals surface area (Å²) in [5.41, 5.74) is 0.393. The lowest BCUT2D eigenvalue weighted by molar-refractivity contribution is 0.299. The molecule has 0 aliphatic heterocycles. The fourth-order valence-electron chi connectivity index (χ4n) is 1.96. The third-order valence-corrected chi connectivity index (χ3v) is 4.12. The molecular weight excluding hydrogens is 302 g/mol. The van der Waals surface area contributed by atoms with Crippen LogP contribution in [-0.2, 0) is 13.0 Å². The Kier molecular flexibility index (Phi) is 4.06. The molecule has 7 heteroatoms. The number of ether oxygens (including phenoxy) is 2. The zero-order valence-electron chi connectivity index (χ0n) is 12.3. The van der Waals surface area contributed by atoms with Crippen molar-refractivity contribution in [3.05, 3.63) is 51.4 Å². The van der Waals surface area contributed by atoms with Gasteiger partial charge in [0, 0.05) is 12.1 Å². The highest BCUT2D eigenvalue weighted by Crippen LogP contribution is 2.20. The zero-order valence-corrected chi connectivity index (χ0v) is 13.1. The smallest absolute Gasteiger partial charge is 0.275 e. The number of methoxy groups -OCH3 is 1. The van der Waals surface area contributed by atoms with E-state index in [1.807, 2.05) is 25.1 Å². The fourth-order valence-corrected chi connectivity index (χ4v) is 2.82. The van der Waals surface area contributed by atoms with E-state index in [-0.39, 0.29) is 12.2 Å². The van der Waals surface area contributed by atoms with Gasteiger partial charge in [0.15, 0.2) is 0 Å². The molecule has 0 fully saturated rings. The molecule has 3 rings (SSSR count). The van der Waals surface area contributed by atoms with Crippen LogP contribution in [0.4, 0.5) is 0 Å². The quantitative estimate of drug-likeness (QED) is 0.722. The number of fused-ring (bicyclic) bond motifs is 1. The molecule has 0 N–H and O–H groups in total. The minimum atomic E-state index is -0.190. The lowest BCUT2D eigenvalue weighted by Crippen LogP contribution is -2.16. The highest BCUT2D eigenvalue weighted by Gasteiger charge is 2.08. The molecule has 0 bridgehead atoms. The van der Waals surface area contributed by atoms with Crippen molar-refractivity contribution in [3.63, 3.8) is 0 Å². The van der Waals surface area contributed by atoms with Crippen LogP contribution in [0, 0.1) is 0 Å². The molecule has 22 heavy (non-hydrogen) atoms. The maximum Gasteiger partial charge on any atom is 0.275 e. The van der Waals surface area contributed by atoms with E-state index in [9.17, 15) is 4.79 Å². The molecule has 3 aromatic rings. The molecule has 0 saturated heterocycles. The van der Waals surface area contributed by atoms with E-state index >= 15 is 0 Å². The highest BCUT2D eigenvalue weighted by atomic mass is 32.1. The summed E-state index contributed by atoms with van der Waals surface area (Å²) in [6.45, 7) is 2.22. The van der Waals surface area contributed by atoms with Gasteiger partial charge >= 0.3 is 0 Å². The molecule has 114 valence electrons. The first-order valence-corrected chi connectivity index (χ1v) is 7.67. The van der Waals surface area contributed by atoms with Crippen molar-refractivity contribution in [2.75, 3.05) is 7.11 Å². The van der Waals surface area contributed by atoms with E-state index < -0.39 is 0 Å². The van der Waals surface area contributed by atoms with Gasteiger partial charge in [-0.25, -0.2) is 4.98 Å². The van der Waals surface area contributed by atoms with Crippen molar-refractivity contribution < 1.29 is 9.47 Å². The van der Waals surface area contributed by atoms with Crippen molar-refractivity contribution in [2.45, 2.75) is 20.0 Å². The van der Waals surface area contributed by atoms with Crippen LogP contribution in [0.25, 0.3) is 4.96 Å². The molecule has 0 unspecified atom stereocenters. The van der Waals surface area contributed by atoms with Gasteiger partial charge in [-0.1, -0.05) is 24.3 Å². The third-order valence-electron chi connectivity index (χ3n) is 3.07. The maximum absolute atomic E-state index is 12.0. The Balaban J connectivity index is 1.83. The van der Waals surface area contributed by atoms with Crippen LogP contribution in [-0.4, -0.2) is 21.7 Å². The summed E-state index contributed by atoms with van der Waals surface area (Å²) in [6.07, 6.45) is 0.781. The summed E-state index contributed by atoms with van der Waals surface area (Å²) in [5, 5.41) is 5.10. The third kappa shape index (κ3) is 2.94. The second-order valence-corrected chi connectivity index (χ2v) is 5.64. The van der Waals surface area contributed by atoms with Gasteiger partial charge in [-0.2, -0.15) is 9.61 Å². The van der Waals surface area contributed by atoms with Crippen molar-refractivity contribution in [2.24, 2.45) is 0 Å². The van der Waals surface area contributed by atoms with Crippen LogP contribution in [0.15, 0.2) is 35.1 Å². The lowest BCUT2D eigenvalue weighted by atomic mass is 10.3. The molecule has 6 nitrogen and oxygen atoms in total. The molecule has 0 radical (unpaired) electrons. The standard InChI is InChI=1S/C15H15N3O3S/c1-3-13-17-18-14(19)7-10(16-15(18)22-13)9-21-12-6-4-5-11(8-12)20-2/h4-8H,3,9H2,1-2H3. The van der Waals surface area contributed by atoms with Gasteiger partial charge in [0.2, 0.25) is 4.96 Å². The van der Waals surface area contributed by atoms with Crippen molar-refractivity contribution in [1.82, 2.24) is 14.6 Å². The first-order valence-electron chi connectivity index (χ1n) is 6.85. The Hall–Kier alpha value is -2.41. The number of hydrogen-bond acceptors (Lipinski definition) is 6. The van der Waals surface area contributed by atoms with E-state index in [4.69, 9.17) is 9.47 Å². The number of aromatic nitrogens is 3. The van der Waals surface area contributed by atoms with Gasteiger partial charge < -0.3 is 9.47 Å². The van der Waals surface area contributed by atoms with Crippen molar-refractivity contribution in [1.29, 1.82) is 0 Å². The van der Waals surface area contributed by atoms with E-state index in [1.165, 1.54) is 21.9 Å². The van der Waals surface area contributed by atoms with Gasteiger partial charge in [-0.05, 0) is 18.6 Å². The van der Waals surface area contributed by atoms with Gasteiger partial charge in [-0.3, -0.25) is 4.79 Å². The SMILES string of the molecule is CCc1nn2c(=O)cc(COc3cccc(OC)c3)nc2s1. The molecule has 0 atom stereocenters. The van der Waals surface area contributed by atoms with Crippen LogP contribution in [0.2, 0.25) is 0 Å². The van der Waals surface area contributed by atoms with Crippen LogP contribution in [0.5, 0.6) is 11.5 Å². The van der Waals surface area contributed by atoms with Crippen molar-refractivity contribution in [3.8, 4) is 11.5 Å². The fraction of sp³-hybridized carbons (Fsp3) is 0.267. The Morgan fingerprint density at radius 2 is 2.09 bits per heavy atom. The minimum absolute atomic E-state index is 0.190. The Morgan fingerprint density at radius 3 is 2.86 bits per heavy atom. The summed E-state index contributed by atoms with van der Waals surface area (Å²) in [6, 6.07) is 8.75. The number of aryl methyl sites for hydroxylation is 1. The van der Waals surface area contributed by atoms with Crippen LogP contribution >= 0.6 is 11.3 Å². The number of benzene rings is 1. The van der Waals surface area contributed by atoms with Crippen LogP contribution < -0.4 is 15.0 Å². The minimum Gasteiger partial charge on any atom is -0.497 e. The Morgan fingerprint density at radius 1 is 1.27 bits per heavy atom. The lowest BCUT2D eigenvalue weighted by Gasteiger charge is -2.07. The summed E-state index contributed by atoms with van der Waals surface area (Å²) in [4.78, 5) is 17.0. The average molecular weight is 317 g/mol. The molecule has 1 aromatic carbocycles. The Labute approximate surface area is 131 Å². The summed E-state index contributed by atoms with van der Waals surface area (Å²) in [5.74, 6) is 1.39. The van der Waals surface area contributed by atoms with E-state index in [0.717, 1.165) is 17.2 Å². The monoisotopic (exact) mass is 317 g/mol. The normalized spacial score (nSPS) is 10.8. The van der Waals surface area contributed by atoms with Crippen LogP contribution in [0.1, 0.15) is 17.6 Å². The topological polar surface area (TPSA) is 65.7 Å². The molecule has 0 amide bonds. The van der Waals surface area contributed by atoms with Crippen LogP contribution in [0.3, 0.4) is 0 Å². The summed E-state index contributed by atoms with van der Waals surface area (Å²) >= 11 is 1.42. The maximum atomic E-state index is 12.0. The predicted molar refractivity (Wildman–Crippen MR) is 83.8 cm³/mol. The average Bonchev–Trinajstić information content (AvgIpc) is 2.97. The number of nitrogens with zero attached hydrogens (tertiary/aromatic N) is 3. The van der Waals surface area contributed by atoms with Crippen molar-refractivity contribution >= 4 is 16.3 Å². The summed E-state index contributed by atoms with van der Waals surface area (Å²) in [7, 11) is 1.60. The van der Waals surface area contributed by atoms with E-state index in [0.29, 0.717) is 16.4 Å². The van der Waals surface area contributed by atoms with Gasteiger partial charge in [0.05, 0.1) is 12.8 Å². The molecule has 0 aliphatic carbocycles. The molecule has 2 aromatic heterocycles. The molecule has 0 spiro atoms. The molecular formula is C15H15N3O3S. The Bertz CT molecular complexity index is 857. The first kappa shape index (κ1) is 14.5. The summed E-state index contributed by atoms with van der Waals surface area (Å²) < 4.78 is 12.1. The van der Waals surface area contributed by atoms with E-state index in [2.05, 4.69) is 10.1 Å². The number of hydrogen-bond donors (Lipinski definition) is 0. The number of rotatable bonds is 5. The van der Waals surface area contributed by atoms with Gasteiger partial charge in [-0.15, -0.1) is 0 Å². The predicted octanol–water partition coefficient (Wildman–Crippen LogP) is 2.30. The molecule has 0 aliphatic rings. The van der Waals surface area contributed by atoms with Gasteiger partial charge in [0.1, 0.15) is 23.1 Å². The second-order valence-electron chi connectivity index (χ2n) is 4.60. The zero-order chi connectivity index (χ0) is 15.5. The molecule has 2 heterocycles. The first-order chi connectivity index (χ1) is 10.7. The largest absolute Gasteiger partial charge is 0.497 e. The van der Waals surface area contributed by atoms with Gasteiger partial charge in [0.25, 0.3) is 5.56 Å². The molecule has 0 saturated carbocycles. The highest BCUT2D eigenvalue weighted by molar-refractivity contribution is 7.16.